The van der Waals surface area contributed by atoms with Gasteiger partial charge in [0.15, 0.2) is 0 Å². The fourth-order valence-electron chi connectivity index (χ4n) is 1.80. The maximum absolute atomic E-state index is 11.8. The number of amides is 2. The van der Waals surface area contributed by atoms with Crippen molar-refractivity contribution in [1.29, 1.82) is 0 Å². The molecule has 0 atom stereocenters. The van der Waals surface area contributed by atoms with Crippen LogP contribution < -0.4 is 0 Å². The molecule has 1 heterocycles. The number of morpholine rings is 1. The summed E-state index contributed by atoms with van der Waals surface area (Å²) in [6, 6.07) is 0. The third kappa shape index (κ3) is 4.86. The number of carbonyl (C=O) groups is 2. The van der Waals surface area contributed by atoms with Crippen molar-refractivity contribution >= 4 is 23.6 Å². The molecule has 0 aromatic carbocycles. The Bertz CT molecular complexity index is 276. The maximum Gasteiger partial charge on any atom is 0.232 e. The first-order chi connectivity index (χ1) is 8.69. The Balaban J connectivity index is 2.20. The lowest BCUT2D eigenvalue weighted by atomic mass is 10.4. The van der Waals surface area contributed by atoms with E-state index in [0.29, 0.717) is 37.8 Å². The van der Waals surface area contributed by atoms with Crippen LogP contribution >= 0.6 is 11.8 Å². The van der Waals surface area contributed by atoms with E-state index in [9.17, 15) is 9.59 Å². The molecule has 1 rings (SSSR count). The average Bonchev–Trinajstić information content (AvgIpc) is 2.41. The smallest absolute Gasteiger partial charge is 0.232 e. The van der Waals surface area contributed by atoms with E-state index < -0.39 is 0 Å². The summed E-state index contributed by atoms with van der Waals surface area (Å²) in [7, 11) is 0. The number of rotatable bonds is 6. The molecule has 1 aliphatic heterocycles. The zero-order valence-corrected chi connectivity index (χ0v) is 12.0. The van der Waals surface area contributed by atoms with Crippen molar-refractivity contribution in [3.63, 3.8) is 0 Å². The first-order valence-corrected chi connectivity index (χ1v) is 7.55. The molecule has 0 unspecified atom stereocenters. The third-order valence-electron chi connectivity index (χ3n) is 2.93. The first kappa shape index (κ1) is 15.3. The van der Waals surface area contributed by atoms with Gasteiger partial charge < -0.3 is 14.5 Å². The normalized spacial score (nSPS) is 15.6. The molecule has 18 heavy (non-hydrogen) atoms. The molecule has 0 aromatic rings. The number of hydrogen-bond donors (Lipinski definition) is 0. The second-order valence-corrected chi connectivity index (χ2v) is 5.04. The Morgan fingerprint density at radius 2 is 1.78 bits per heavy atom. The molecule has 104 valence electrons. The predicted octanol–water partition coefficient (Wildman–Crippen LogP) is 0.447. The Morgan fingerprint density at radius 3 is 2.33 bits per heavy atom. The molecule has 2 amide bonds. The summed E-state index contributed by atoms with van der Waals surface area (Å²) in [5, 5.41) is 0. The van der Waals surface area contributed by atoms with E-state index in [-0.39, 0.29) is 11.8 Å². The number of carbonyl (C=O) groups excluding carboxylic acids is 2. The predicted molar refractivity (Wildman–Crippen MR) is 72.7 cm³/mol. The van der Waals surface area contributed by atoms with Crippen LogP contribution in [0.5, 0.6) is 0 Å². The SMILES string of the molecule is CCN(CC)C(=O)CSCC(=O)N1CCOCC1. The second kappa shape index (κ2) is 8.37. The quantitative estimate of drug-likeness (QED) is 0.705. The highest BCUT2D eigenvalue weighted by Gasteiger charge is 2.17. The van der Waals surface area contributed by atoms with Crippen molar-refractivity contribution in [2.24, 2.45) is 0 Å². The van der Waals surface area contributed by atoms with E-state index in [1.807, 2.05) is 13.8 Å². The van der Waals surface area contributed by atoms with Gasteiger partial charge in [-0.3, -0.25) is 9.59 Å². The number of ether oxygens (including phenoxy) is 1. The molecule has 0 aromatic heterocycles. The second-order valence-electron chi connectivity index (χ2n) is 4.05. The number of hydrogen-bond acceptors (Lipinski definition) is 4. The Kier molecular flexibility index (Phi) is 7.12. The van der Waals surface area contributed by atoms with Gasteiger partial charge in [-0.2, -0.15) is 0 Å². The highest BCUT2D eigenvalue weighted by atomic mass is 32.2. The summed E-state index contributed by atoms with van der Waals surface area (Å²) < 4.78 is 5.19. The fourth-order valence-corrected chi connectivity index (χ4v) is 2.61. The zero-order valence-electron chi connectivity index (χ0n) is 11.2. The van der Waals surface area contributed by atoms with E-state index in [1.165, 1.54) is 11.8 Å². The minimum Gasteiger partial charge on any atom is -0.378 e. The van der Waals surface area contributed by atoms with Crippen LogP contribution in [0.1, 0.15) is 13.8 Å². The molecule has 0 bridgehead atoms. The minimum atomic E-state index is 0.107. The molecule has 1 fully saturated rings. The summed E-state index contributed by atoms with van der Waals surface area (Å²) in [6.07, 6.45) is 0. The van der Waals surface area contributed by atoms with Crippen molar-refractivity contribution in [2.45, 2.75) is 13.8 Å². The van der Waals surface area contributed by atoms with Crippen LogP contribution in [0.2, 0.25) is 0 Å². The molecule has 0 spiro atoms. The highest BCUT2D eigenvalue weighted by molar-refractivity contribution is 8.00. The van der Waals surface area contributed by atoms with Gasteiger partial charge >= 0.3 is 0 Å². The van der Waals surface area contributed by atoms with E-state index >= 15 is 0 Å². The van der Waals surface area contributed by atoms with Crippen LogP contribution in [-0.2, 0) is 14.3 Å². The summed E-state index contributed by atoms with van der Waals surface area (Å²) in [6.45, 7) is 7.97. The van der Waals surface area contributed by atoms with Gasteiger partial charge in [-0.05, 0) is 13.8 Å². The zero-order chi connectivity index (χ0) is 13.4. The Morgan fingerprint density at radius 1 is 1.17 bits per heavy atom. The van der Waals surface area contributed by atoms with E-state index in [1.54, 1.807) is 9.80 Å². The van der Waals surface area contributed by atoms with Crippen LogP contribution in [0.15, 0.2) is 0 Å². The van der Waals surface area contributed by atoms with Gasteiger partial charge in [0.05, 0.1) is 24.7 Å². The van der Waals surface area contributed by atoms with Gasteiger partial charge in [0.25, 0.3) is 0 Å². The molecule has 0 aliphatic carbocycles. The van der Waals surface area contributed by atoms with Crippen LogP contribution in [0.4, 0.5) is 0 Å². The lowest BCUT2D eigenvalue weighted by molar-refractivity contribution is -0.132. The standard InChI is InChI=1S/C12H22N2O3S/c1-3-13(4-2)11(15)9-18-10-12(16)14-5-7-17-8-6-14/h3-10H2,1-2H3. The van der Waals surface area contributed by atoms with Crippen molar-refractivity contribution in [1.82, 2.24) is 9.80 Å². The van der Waals surface area contributed by atoms with Crippen molar-refractivity contribution in [3.8, 4) is 0 Å². The van der Waals surface area contributed by atoms with Crippen molar-refractivity contribution in [3.05, 3.63) is 0 Å². The van der Waals surface area contributed by atoms with Gasteiger partial charge in [-0.15, -0.1) is 11.8 Å². The summed E-state index contributed by atoms with van der Waals surface area (Å²) in [4.78, 5) is 27.1. The molecule has 0 radical (unpaired) electrons. The van der Waals surface area contributed by atoms with Crippen molar-refractivity contribution in [2.75, 3.05) is 50.9 Å². The van der Waals surface area contributed by atoms with Gasteiger partial charge in [0, 0.05) is 26.2 Å². The Labute approximate surface area is 113 Å². The largest absolute Gasteiger partial charge is 0.378 e. The maximum atomic E-state index is 11.8. The molecule has 1 aliphatic rings. The van der Waals surface area contributed by atoms with Crippen LogP contribution in [0.3, 0.4) is 0 Å². The van der Waals surface area contributed by atoms with Gasteiger partial charge in [0.1, 0.15) is 0 Å². The minimum absolute atomic E-state index is 0.107. The van der Waals surface area contributed by atoms with E-state index in [4.69, 9.17) is 4.74 Å². The fraction of sp³-hybridized carbons (Fsp3) is 0.833. The topological polar surface area (TPSA) is 49.9 Å². The van der Waals surface area contributed by atoms with Crippen LogP contribution in [-0.4, -0.2) is 72.5 Å². The molecular weight excluding hydrogens is 252 g/mol. The molecule has 5 nitrogen and oxygen atoms in total. The molecule has 0 saturated carbocycles. The third-order valence-corrected chi connectivity index (χ3v) is 3.83. The van der Waals surface area contributed by atoms with Gasteiger partial charge in [-0.25, -0.2) is 0 Å². The monoisotopic (exact) mass is 274 g/mol. The van der Waals surface area contributed by atoms with Crippen LogP contribution in [0, 0.1) is 0 Å². The number of nitrogens with zero attached hydrogens (tertiary/aromatic N) is 2. The lowest BCUT2D eigenvalue weighted by Crippen LogP contribution is -2.41. The molecule has 0 N–H and O–H groups in total. The summed E-state index contributed by atoms with van der Waals surface area (Å²) >= 11 is 1.40. The van der Waals surface area contributed by atoms with Gasteiger partial charge in [0.2, 0.25) is 11.8 Å². The molecular formula is C12H22N2O3S. The van der Waals surface area contributed by atoms with E-state index in [0.717, 1.165) is 13.1 Å². The number of thioether (sulfide) groups is 1. The highest BCUT2D eigenvalue weighted by Crippen LogP contribution is 2.06. The summed E-state index contributed by atoms with van der Waals surface area (Å²) in [5.74, 6) is 0.987. The van der Waals surface area contributed by atoms with Crippen LogP contribution in [0.25, 0.3) is 0 Å². The molecule has 1 saturated heterocycles. The lowest BCUT2D eigenvalue weighted by Gasteiger charge is -2.26. The van der Waals surface area contributed by atoms with E-state index in [2.05, 4.69) is 0 Å². The Hall–Kier alpha value is -0.750. The average molecular weight is 274 g/mol. The van der Waals surface area contributed by atoms with Crippen molar-refractivity contribution < 1.29 is 14.3 Å². The summed E-state index contributed by atoms with van der Waals surface area (Å²) in [5.41, 5.74) is 0. The van der Waals surface area contributed by atoms with Gasteiger partial charge in [-0.1, -0.05) is 0 Å². The first-order valence-electron chi connectivity index (χ1n) is 6.40. The molecule has 6 heteroatoms.